The maximum Gasteiger partial charge on any atom is 0.129 e. The Balaban J connectivity index is 1.56. The van der Waals surface area contributed by atoms with Crippen molar-refractivity contribution < 1.29 is 4.74 Å². The minimum Gasteiger partial charge on any atom is -0.497 e. The summed E-state index contributed by atoms with van der Waals surface area (Å²) in [5.41, 5.74) is 9.25. The quantitative estimate of drug-likeness (QED) is 0.364. The fourth-order valence-electron chi connectivity index (χ4n) is 3.96. The monoisotopic (exact) mass is 453 g/mol. The maximum atomic E-state index is 5.31. The first kappa shape index (κ1) is 23.0. The fourth-order valence-corrected chi connectivity index (χ4v) is 4.47. The highest BCUT2D eigenvalue weighted by Gasteiger charge is 2.26. The van der Waals surface area contributed by atoms with Gasteiger partial charge in [-0.2, -0.15) is 0 Å². The molecule has 168 valence electrons. The minimum absolute atomic E-state index is 0.257. The number of nitrogens with zero attached hydrogens (tertiary/aromatic N) is 3. The molecule has 5 heteroatoms. The highest BCUT2D eigenvalue weighted by Crippen LogP contribution is 2.36. The van der Waals surface area contributed by atoms with Gasteiger partial charge in [0, 0.05) is 37.7 Å². The Morgan fingerprint density at radius 1 is 1.06 bits per heavy atom. The third-order valence-electron chi connectivity index (χ3n) is 5.74. The third-order valence-corrected chi connectivity index (χ3v) is 6.61. The van der Waals surface area contributed by atoms with E-state index in [0.29, 0.717) is 0 Å². The van der Waals surface area contributed by atoms with Crippen LogP contribution in [0.3, 0.4) is 0 Å². The van der Waals surface area contributed by atoms with E-state index in [1.165, 1.54) is 22.3 Å². The van der Waals surface area contributed by atoms with Gasteiger partial charge >= 0.3 is 0 Å². The molecule has 3 heterocycles. The number of ether oxygens (including phenoxy) is 1. The van der Waals surface area contributed by atoms with E-state index in [0.717, 1.165) is 31.0 Å². The van der Waals surface area contributed by atoms with Gasteiger partial charge in [-0.25, -0.2) is 4.98 Å². The number of aromatic nitrogens is 2. The number of methoxy groups -OCH3 is 1. The molecule has 2 aromatic heterocycles. The summed E-state index contributed by atoms with van der Waals surface area (Å²) in [6, 6.07) is 17.0. The topological polar surface area (TPSA) is 38.2 Å². The molecule has 1 aromatic carbocycles. The van der Waals surface area contributed by atoms with Gasteiger partial charge in [0.15, 0.2) is 0 Å². The first-order valence-electron chi connectivity index (χ1n) is 11.4. The van der Waals surface area contributed by atoms with Crippen molar-refractivity contribution in [3.63, 3.8) is 0 Å². The molecule has 0 saturated carbocycles. The lowest BCUT2D eigenvalue weighted by atomic mass is 9.91. The van der Waals surface area contributed by atoms with Crippen LogP contribution in [-0.2, 0) is 6.54 Å². The second-order valence-electron chi connectivity index (χ2n) is 9.45. The zero-order valence-electron chi connectivity index (χ0n) is 19.9. The van der Waals surface area contributed by atoms with Crippen molar-refractivity contribution in [1.29, 1.82) is 0 Å². The van der Waals surface area contributed by atoms with Gasteiger partial charge in [-0.3, -0.25) is 9.88 Å². The number of hydrogen-bond acceptors (Lipinski definition) is 4. The van der Waals surface area contributed by atoms with Crippen LogP contribution in [0.15, 0.2) is 73.2 Å². The summed E-state index contributed by atoms with van der Waals surface area (Å²) in [5, 5.41) is 0. The lowest BCUT2D eigenvalue weighted by Crippen LogP contribution is -2.32. The fraction of sp³-hybridized carbons (Fsp3) is 0.286. The predicted octanol–water partition coefficient (Wildman–Crippen LogP) is 5.74. The van der Waals surface area contributed by atoms with E-state index in [9.17, 15) is 0 Å². The van der Waals surface area contributed by atoms with Gasteiger partial charge in [-0.15, -0.1) is 5.54 Å². The first-order chi connectivity index (χ1) is 15.9. The van der Waals surface area contributed by atoms with Crippen molar-refractivity contribution in [3.05, 3.63) is 95.6 Å². The Labute approximate surface area is 198 Å². The van der Waals surface area contributed by atoms with Crippen molar-refractivity contribution in [3.8, 4) is 17.2 Å². The average Bonchev–Trinajstić information content (AvgIpc) is 2.84. The van der Waals surface area contributed by atoms with Crippen LogP contribution in [0.2, 0.25) is 19.6 Å². The Bertz CT molecular complexity index is 1150. The largest absolute Gasteiger partial charge is 0.497 e. The predicted molar refractivity (Wildman–Crippen MR) is 137 cm³/mol. The van der Waals surface area contributed by atoms with Gasteiger partial charge in [0.2, 0.25) is 0 Å². The highest BCUT2D eigenvalue weighted by molar-refractivity contribution is 6.83. The summed E-state index contributed by atoms with van der Waals surface area (Å²) in [4.78, 5) is 11.5. The van der Waals surface area contributed by atoms with Crippen LogP contribution in [0.1, 0.15) is 34.8 Å². The van der Waals surface area contributed by atoms with E-state index in [-0.39, 0.29) is 6.04 Å². The van der Waals surface area contributed by atoms with Crippen LogP contribution < -0.4 is 4.74 Å². The number of benzene rings is 1. The van der Waals surface area contributed by atoms with E-state index >= 15 is 0 Å². The van der Waals surface area contributed by atoms with Crippen LogP contribution >= 0.6 is 0 Å². The van der Waals surface area contributed by atoms with Gasteiger partial charge in [-0.05, 0) is 52.9 Å². The molecule has 1 aliphatic rings. The Hall–Kier alpha value is -3.20. The molecule has 0 spiro atoms. The van der Waals surface area contributed by atoms with Gasteiger partial charge in [0.1, 0.15) is 19.5 Å². The van der Waals surface area contributed by atoms with Crippen molar-refractivity contribution in [2.75, 3.05) is 13.7 Å². The molecule has 4 rings (SSSR count). The van der Waals surface area contributed by atoms with Crippen molar-refractivity contribution in [2.24, 2.45) is 0 Å². The normalized spacial score (nSPS) is 16.5. The van der Waals surface area contributed by atoms with Gasteiger partial charge in [0.05, 0.1) is 7.11 Å². The third kappa shape index (κ3) is 6.19. The molecule has 1 atom stereocenters. The summed E-state index contributed by atoms with van der Waals surface area (Å²) in [6.07, 6.45) is 9.05. The first-order valence-corrected chi connectivity index (χ1v) is 14.9. The summed E-state index contributed by atoms with van der Waals surface area (Å²) in [6.45, 7) is 8.49. The van der Waals surface area contributed by atoms with Crippen LogP contribution in [-0.4, -0.2) is 36.6 Å². The van der Waals surface area contributed by atoms with E-state index in [1.54, 1.807) is 7.11 Å². The van der Waals surface area contributed by atoms with Crippen LogP contribution in [0, 0.1) is 11.5 Å². The standard InChI is InChI=1S/C28H31N3OSi/c1-32-27-11-7-22(8-12-27)21-31-16-13-23(18-28(31)25-6-5-15-29-19-25)24-9-10-26(30-20-24)14-17-33(2,3)4/h5-13,15,19-20,28H,16,18,21H2,1-4H3. The molecule has 0 bridgehead atoms. The molecule has 1 aliphatic heterocycles. The van der Waals surface area contributed by atoms with Crippen molar-refractivity contribution >= 4 is 13.6 Å². The van der Waals surface area contributed by atoms with Crippen molar-refractivity contribution in [2.45, 2.75) is 38.6 Å². The van der Waals surface area contributed by atoms with E-state index in [1.807, 2.05) is 42.9 Å². The Kier molecular flexibility index (Phi) is 7.07. The summed E-state index contributed by atoms with van der Waals surface area (Å²) in [7, 11) is 0.290. The SMILES string of the molecule is COc1ccc(CN2CC=C(c3ccc(C#C[Si](C)(C)C)nc3)CC2c2cccnc2)cc1. The molecule has 1 unspecified atom stereocenters. The van der Waals surface area contributed by atoms with E-state index < -0.39 is 8.07 Å². The molecule has 33 heavy (non-hydrogen) atoms. The molecule has 0 radical (unpaired) electrons. The number of pyridine rings is 2. The number of rotatable bonds is 5. The highest BCUT2D eigenvalue weighted by atomic mass is 28.3. The van der Waals surface area contributed by atoms with E-state index in [2.05, 4.69) is 76.3 Å². The molecular weight excluding hydrogens is 422 g/mol. The Morgan fingerprint density at radius 3 is 2.52 bits per heavy atom. The van der Waals surface area contributed by atoms with Gasteiger partial charge in [-0.1, -0.05) is 55.9 Å². The summed E-state index contributed by atoms with van der Waals surface area (Å²) in [5.74, 6) is 4.13. The lowest BCUT2D eigenvalue weighted by Gasteiger charge is -2.35. The molecule has 0 N–H and O–H groups in total. The summed E-state index contributed by atoms with van der Waals surface area (Å²) >= 11 is 0. The number of hydrogen-bond donors (Lipinski definition) is 0. The second kappa shape index (κ2) is 10.2. The lowest BCUT2D eigenvalue weighted by molar-refractivity contribution is 0.204. The second-order valence-corrected chi connectivity index (χ2v) is 14.2. The molecule has 0 saturated heterocycles. The maximum absolute atomic E-state index is 5.31. The molecular formula is C28H31N3OSi. The smallest absolute Gasteiger partial charge is 0.129 e. The van der Waals surface area contributed by atoms with Gasteiger partial charge in [0.25, 0.3) is 0 Å². The average molecular weight is 454 g/mol. The summed E-state index contributed by atoms with van der Waals surface area (Å²) < 4.78 is 5.31. The van der Waals surface area contributed by atoms with Crippen molar-refractivity contribution in [1.82, 2.24) is 14.9 Å². The molecule has 0 aliphatic carbocycles. The van der Waals surface area contributed by atoms with Crippen LogP contribution in [0.5, 0.6) is 5.75 Å². The molecule has 0 fully saturated rings. The Morgan fingerprint density at radius 2 is 1.88 bits per heavy atom. The van der Waals surface area contributed by atoms with Crippen LogP contribution in [0.25, 0.3) is 5.57 Å². The van der Waals surface area contributed by atoms with Crippen LogP contribution in [0.4, 0.5) is 0 Å². The van der Waals surface area contributed by atoms with E-state index in [4.69, 9.17) is 4.74 Å². The zero-order valence-corrected chi connectivity index (χ0v) is 20.9. The molecule has 4 nitrogen and oxygen atoms in total. The minimum atomic E-state index is -1.41. The zero-order chi connectivity index (χ0) is 23.3. The van der Waals surface area contributed by atoms with Gasteiger partial charge < -0.3 is 4.74 Å². The molecule has 3 aromatic rings. The molecule has 0 amide bonds.